The highest BCUT2D eigenvalue weighted by Gasteiger charge is 2.56. The second-order valence-corrected chi connectivity index (χ2v) is 19.7. The molecular formula is C51H79F4N11O5. The monoisotopic (exact) mass is 1000 g/mol. The van der Waals surface area contributed by atoms with Crippen LogP contribution in [-0.2, 0) is 15.9 Å². The molecule has 4 aromatic rings. The fourth-order valence-corrected chi connectivity index (χ4v) is 11.7. The van der Waals surface area contributed by atoms with Crippen LogP contribution in [0, 0.1) is 11.2 Å². The summed E-state index contributed by atoms with van der Waals surface area (Å²) >= 11 is 0. The molecule has 2 spiro atoms. The highest BCUT2D eigenvalue weighted by molar-refractivity contribution is 5.93. The normalized spacial score (nSPS) is 26.2. The number of hydrogen-bond donors (Lipinski definition) is 8. The van der Waals surface area contributed by atoms with Gasteiger partial charge in [-0.25, -0.2) is 13.9 Å². The molecule has 10 N–H and O–H groups in total. The Morgan fingerprint density at radius 1 is 0.859 bits per heavy atom. The Morgan fingerprint density at radius 3 is 2.23 bits per heavy atom. The third-order valence-corrected chi connectivity index (χ3v) is 15.3. The SMILES string of the molecule is CCC.CO.CO.N=C(N)c1ccc([C@H]2CC[C@@H](CN3C(C(F)(F)F)CCC34CCNCC4)O2)[nH]1.Nc1ncnn2c([C@H]3C[C@H](O)[C@@H](CN4CCCC45CCN(CCc4ccc(F)cc4)CC5)O3)ccc12. The minimum Gasteiger partial charge on any atom is -0.400 e. The van der Waals surface area contributed by atoms with E-state index in [1.165, 1.54) is 31.2 Å². The molecule has 0 bridgehead atoms. The maximum absolute atomic E-state index is 13.7. The third kappa shape index (κ3) is 13.5. The van der Waals surface area contributed by atoms with Gasteiger partial charge in [-0.3, -0.25) is 15.2 Å². The van der Waals surface area contributed by atoms with Gasteiger partial charge in [0.15, 0.2) is 5.82 Å². The highest BCUT2D eigenvalue weighted by atomic mass is 19.4. The van der Waals surface area contributed by atoms with Crippen molar-refractivity contribution in [3.05, 3.63) is 83.3 Å². The summed E-state index contributed by atoms with van der Waals surface area (Å²) in [6, 6.07) is 12.9. The van der Waals surface area contributed by atoms with E-state index in [9.17, 15) is 22.7 Å². The molecular weight excluding hydrogens is 923 g/mol. The Hall–Kier alpha value is -4.25. The van der Waals surface area contributed by atoms with Gasteiger partial charge in [0.1, 0.15) is 35.6 Å². The number of ether oxygens (including phenoxy) is 2. The molecule has 20 heteroatoms. The number of benzene rings is 1. The zero-order valence-electron chi connectivity index (χ0n) is 42.0. The van der Waals surface area contributed by atoms with Crippen LogP contribution in [0.15, 0.2) is 54.9 Å². The van der Waals surface area contributed by atoms with Gasteiger partial charge in [0.25, 0.3) is 0 Å². The number of rotatable bonds is 10. The van der Waals surface area contributed by atoms with Crippen molar-refractivity contribution in [2.45, 2.75) is 151 Å². The summed E-state index contributed by atoms with van der Waals surface area (Å²) in [7, 11) is 2.00. The smallest absolute Gasteiger partial charge is 0.400 e. The number of aliphatic hydroxyl groups is 3. The number of aliphatic hydroxyl groups excluding tert-OH is 3. The molecule has 16 nitrogen and oxygen atoms in total. The molecule has 6 fully saturated rings. The van der Waals surface area contributed by atoms with Crippen molar-refractivity contribution in [1.82, 2.24) is 39.6 Å². The number of likely N-dealkylation sites (tertiary alicyclic amines) is 3. The number of nitrogen functional groups attached to an aromatic ring is 2. The van der Waals surface area contributed by atoms with Crippen LogP contribution in [0.2, 0.25) is 0 Å². The van der Waals surface area contributed by atoms with Crippen LogP contribution < -0.4 is 16.8 Å². The summed E-state index contributed by atoms with van der Waals surface area (Å²) in [6.45, 7) is 11.1. The molecule has 6 saturated heterocycles. The van der Waals surface area contributed by atoms with Crippen LogP contribution in [0.1, 0.15) is 126 Å². The van der Waals surface area contributed by atoms with Gasteiger partial charge in [0.2, 0.25) is 0 Å². The van der Waals surface area contributed by atoms with Crippen molar-refractivity contribution in [3.63, 3.8) is 0 Å². The number of halogens is 4. The van der Waals surface area contributed by atoms with Gasteiger partial charge in [-0.1, -0.05) is 32.4 Å². The molecule has 6 aliphatic rings. The van der Waals surface area contributed by atoms with E-state index in [4.69, 9.17) is 36.6 Å². The number of nitrogens with two attached hydrogens (primary N) is 2. The fraction of sp³-hybridized carbons (Fsp3) is 0.667. The van der Waals surface area contributed by atoms with Crippen molar-refractivity contribution in [2.24, 2.45) is 5.73 Å². The lowest BCUT2D eigenvalue weighted by Crippen LogP contribution is -2.57. The molecule has 0 radical (unpaired) electrons. The number of H-pyrrole nitrogens is 1. The largest absolute Gasteiger partial charge is 0.404 e. The Balaban J connectivity index is 0.000000212. The molecule has 1 aromatic carbocycles. The predicted molar refractivity (Wildman–Crippen MR) is 266 cm³/mol. The number of amidine groups is 1. The van der Waals surface area contributed by atoms with Crippen LogP contribution in [0.4, 0.5) is 23.4 Å². The van der Waals surface area contributed by atoms with Gasteiger partial charge in [0, 0.05) is 57.0 Å². The topological polar surface area (TPSA) is 223 Å². The first-order valence-electron chi connectivity index (χ1n) is 25.5. The quantitative estimate of drug-likeness (QED) is 0.0511. The zero-order valence-corrected chi connectivity index (χ0v) is 42.0. The second-order valence-electron chi connectivity index (χ2n) is 19.7. The minimum atomic E-state index is -4.21. The van der Waals surface area contributed by atoms with Crippen molar-refractivity contribution in [3.8, 4) is 0 Å². The van der Waals surface area contributed by atoms with Gasteiger partial charge in [0.05, 0.1) is 35.8 Å². The number of fused-ring (bicyclic) bond motifs is 1. The maximum Gasteiger partial charge on any atom is 0.404 e. The molecule has 6 aliphatic heterocycles. The van der Waals surface area contributed by atoms with Crippen molar-refractivity contribution in [1.29, 1.82) is 5.41 Å². The van der Waals surface area contributed by atoms with E-state index in [2.05, 4.69) is 44.0 Å². The standard InChI is InChI=1S/C27H35FN6O2.C19H28F3N5O.C3H8.2CH4O/c28-20-4-2-19(3-5-20)8-13-32-14-10-27(11-15-32)9-1-12-33(27)17-25-23(35)16-24(36-25)21-6-7-22-26(29)30-18-31-34(21)22;20-19(21,22)16-5-6-18(7-9-25-10-8-18)27(16)11-12-1-4-15(28-12)13-2-3-14(26-13)17(23)24;1-3-2;2*1-2/h2-7,18,23-25,35H,1,8-17H2,(H2,29,30,31);2-3,12,15-16,25-26H,1,4-11H2,(H3,23,24);3H2,1-2H3;2*2H,1H3/t23-,24+,25+;12-,15+,16?;;;/m00.../s1. The minimum absolute atomic E-state index is 0.0428. The molecule has 0 saturated carbocycles. The van der Waals surface area contributed by atoms with Crippen LogP contribution in [0.3, 0.4) is 0 Å². The average Bonchev–Trinajstić information content (AvgIpc) is 4.25. The van der Waals surface area contributed by atoms with E-state index in [0.717, 1.165) is 122 Å². The zero-order chi connectivity index (χ0) is 51.3. The van der Waals surface area contributed by atoms with Gasteiger partial charge in [-0.15, -0.1) is 0 Å². The Morgan fingerprint density at radius 2 is 1.56 bits per heavy atom. The molecule has 3 aromatic heterocycles. The first-order valence-corrected chi connectivity index (χ1v) is 25.5. The number of piperidine rings is 2. The van der Waals surface area contributed by atoms with Crippen LogP contribution >= 0.6 is 0 Å². The lowest BCUT2D eigenvalue weighted by atomic mass is 9.84. The first kappa shape index (κ1) is 56.1. The van der Waals surface area contributed by atoms with Crippen LogP contribution in [0.25, 0.3) is 5.52 Å². The summed E-state index contributed by atoms with van der Waals surface area (Å²) in [5, 5.41) is 40.0. The van der Waals surface area contributed by atoms with Crippen molar-refractivity contribution >= 4 is 17.2 Å². The molecule has 10 rings (SSSR count). The van der Waals surface area contributed by atoms with E-state index < -0.39 is 18.3 Å². The number of nitrogens with one attached hydrogen (secondary N) is 3. The van der Waals surface area contributed by atoms with E-state index in [0.29, 0.717) is 30.9 Å². The number of anilines is 1. The van der Waals surface area contributed by atoms with Crippen molar-refractivity contribution in [2.75, 3.05) is 72.3 Å². The molecule has 71 heavy (non-hydrogen) atoms. The first-order chi connectivity index (χ1) is 34.2. The van der Waals surface area contributed by atoms with Crippen molar-refractivity contribution < 1.29 is 42.4 Å². The summed E-state index contributed by atoms with van der Waals surface area (Å²) < 4.78 is 68.6. The molecule has 9 heterocycles. The number of aromatic nitrogens is 4. The second kappa shape index (κ2) is 25.6. The van der Waals surface area contributed by atoms with Gasteiger partial charge < -0.3 is 51.5 Å². The predicted octanol–water partition coefficient (Wildman–Crippen LogP) is 6.12. The van der Waals surface area contributed by atoms with Gasteiger partial charge in [-0.2, -0.15) is 18.3 Å². The Kier molecular flexibility index (Phi) is 20.2. The van der Waals surface area contributed by atoms with Crippen LogP contribution in [0.5, 0.6) is 0 Å². The Bertz CT molecular complexity index is 2230. The molecule has 0 amide bonds. The fourth-order valence-electron chi connectivity index (χ4n) is 11.7. The maximum atomic E-state index is 13.7. The lowest BCUT2D eigenvalue weighted by Gasteiger charge is -2.46. The van der Waals surface area contributed by atoms with E-state index >= 15 is 0 Å². The third-order valence-electron chi connectivity index (χ3n) is 15.3. The summed E-state index contributed by atoms with van der Waals surface area (Å²) in [6.07, 6.45) is 7.13. The number of alkyl halides is 3. The molecule has 396 valence electrons. The van der Waals surface area contributed by atoms with E-state index in [-0.39, 0.29) is 53.6 Å². The number of aromatic amines is 1. The van der Waals surface area contributed by atoms with Gasteiger partial charge in [-0.05, 0) is 145 Å². The molecule has 0 aliphatic carbocycles. The van der Waals surface area contributed by atoms with Crippen LogP contribution in [-0.4, -0.2) is 164 Å². The van der Waals surface area contributed by atoms with E-state index in [1.807, 2.05) is 30.3 Å². The molecule has 6 atom stereocenters. The number of nitrogens with zero attached hydrogens (tertiary/aromatic N) is 6. The average molecular weight is 1000 g/mol. The highest BCUT2D eigenvalue weighted by Crippen LogP contribution is 2.47. The summed E-state index contributed by atoms with van der Waals surface area (Å²) in [5.74, 6) is 0.219. The van der Waals surface area contributed by atoms with Gasteiger partial charge >= 0.3 is 6.18 Å². The summed E-state index contributed by atoms with van der Waals surface area (Å²) in [5.41, 5.74) is 15.5. The Labute approximate surface area is 416 Å². The molecule has 1 unspecified atom stereocenters. The number of hydrogen-bond acceptors (Lipinski definition) is 13. The lowest BCUT2D eigenvalue weighted by molar-refractivity contribution is -0.190. The summed E-state index contributed by atoms with van der Waals surface area (Å²) in [4.78, 5) is 14.0. The van der Waals surface area contributed by atoms with E-state index in [1.54, 1.807) is 27.6 Å².